The normalized spacial score (nSPS) is 10.5. The molecule has 23 heavy (non-hydrogen) atoms. The Kier molecular flexibility index (Phi) is 5.43. The van der Waals surface area contributed by atoms with Gasteiger partial charge in [-0.05, 0) is 56.9 Å². The molecule has 1 heterocycles. The third-order valence-electron chi connectivity index (χ3n) is 4.02. The summed E-state index contributed by atoms with van der Waals surface area (Å²) in [6.45, 7) is 10.2. The molecule has 3 heteroatoms. The second-order valence-electron chi connectivity index (χ2n) is 6.19. The lowest BCUT2D eigenvalue weighted by Gasteiger charge is -2.09. The Morgan fingerprint density at radius 2 is 1.91 bits per heavy atom. The van der Waals surface area contributed by atoms with E-state index in [0.29, 0.717) is 6.42 Å². The first kappa shape index (κ1) is 17.1. The van der Waals surface area contributed by atoms with E-state index in [0.717, 1.165) is 22.5 Å². The summed E-state index contributed by atoms with van der Waals surface area (Å²) in [6.07, 6.45) is 3.93. The van der Waals surface area contributed by atoms with Crippen molar-refractivity contribution < 1.29 is 13.9 Å². The molecule has 1 aromatic heterocycles. The Labute approximate surface area is 138 Å². The molecule has 0 aliphatic rings. The van der Waals surface area contributed by atoms with Gasteiger partial charge in [0.15, 0.2) is 0 Å². The van der Waals surface area contributed by atoms with Crippen LogP contribution in [0.5, 0.6) is 0 Å². The third-order valence-corrected chi connectivity index (χ3v) is 4.02. The van der Waals surface area contributed by atoms with Gasteiger partial charge in [-0.15, -0.1) is 0 Å². The lowest BCUT2D eigenvalue weighted by atomic mass is 9.98. The molecule has 0 amide bonds. The molecule has 0 radical (unpaired) electrons. The number of esters is 1. The lowest BCUT2D eigenvalue weighted by Crippen LogP contribution is -2.04. The Bertz CT molecular complexity index is 731. The summed E-state index contributed by atoms with van der Waals surface area (Å²) in [5, 5.41) is 0. The molecule has 122 valence electrons. The zero-order chi connectivity index (χ0) is 17.0. The monoisotopic (exact) mass is 312 g/mol. The zero-order valence-corrected chi connectivity index (χ0v) is 14.5. The molecular formula is C20H24O3. The van der Waals surface area contributed by atoms with Gasteiger partial charge in [-0.1, -0.05) is 23.8 Å². The highest BCUT2D eigenvalue weighted by molar-refractivity contribution is 5.82. The molecular weight excluding hydrogens is 288 g/mol. The van der Waals surface area contributed by atoms with Crippen molar-refractivity contribution in [1.29, 1.82) is 0 Å². The summed E-state index contributed by atoms with van der Waals surface area (Å²) >= 11 is 0. The fourth-order valence-electron chi connectivity index (χ4n) is 2.46. The van der Waals surface area contributed by atoms with Gasteiger partial charge in [0.2, 0.25) is 0 Å². The van der Waals surface area contributed by atoms with Crippen LogP contribution >= 0.6 is 0 Å². The highest BCUT2D eigenvalue weighted by Crippen LogP contribution is 2.23. The predicted molar refractivity (Wildman–Crippen MR) is 91.4 cm³/mol. The molecule has 0 saturated heterocycles. The number of allylic oxidation sites excluding steroid dienone is 1. The van der Waals surface area contributed by atoms with Crippen LogP contribution in [0.1, 0.15) is 47.4 Å². The van der Waals surface area contributed by atoms with Crippen LogP contribution in [0.2, 0.25) is 0 Å². The summed E-state index contributed by atoms with van der Waals surface area (Å²) in [7, 11) is 0. The van der Waals surface area contributed by atoms with Gasteiger partial charge in [-0.3, -0.25) is 0 Å². The number of hydrogen-bond donors (Lipinski definition) is 0. The second-order valence-corrected chi connectivity index (χ2v) is 6.19. The molecule has 0 bridgehead atoms. The summed E-state index contributed by atoms with van der Waals surface area (Å²) in [5.41, 5.74) is 6.67. The van der Waals surface area contributed by atoms with Gasteiger partial charge in [0.1, 0.15) is 12.4 Å². The summed E-state index contributed by atoms with van der Waals surface area (Å²) < 4.78 is 11.0. The Hall–Kier alpha value is -2.29. The van der Waals surface area contributed by atoms with Crippen LogP contribution in [0, 0.1) is 20.8 Å². The Morgan fingerprint density at radius 1 is 1.17 bits per heavy atom. The fourth-order valence-corrected chi connectivity index (χ4v) is 2.46. The molecule has 0 spiro atoms. The predicted octanol–water partition coefficient (Wildman–Crippen LogP) is 4.81. The molecule has 0 saturated carbocycles. The quantitative estimate of drug-likeness (QED) is 0.588. The highest BCUT2D eigenvalue weighted by Gasteiger charge is 2.14. The van der Waals surface area contributed by atoms with E-state index in [4.69, 9.17) is 9.15 Å². The standard InChI is InChI=1S/C20H24O3/c1-13(2)9-20(21)23-12-18-15(4)11-22-19(18)10-17-8-6-7-14(3)16(17)5/h6-9,11H,10,12H2,1-5H3. The number of hydrogen-bond acceptors (Lipinski definition) is 3. The minimum absolute atomic E-state index is 0.241. The minimum Gasteiger partial charge on any atom is -0.468 e. The van der Waals surface area contributed by atoms with Crippen molar-refractivity contribution in [3.05, 3.63) is 69.7 Å². The lowest BCUT2D eigenvalue weighted by molar-refractivity contribution is -0.139. The van der Waals surface area contributed by atoms with Gasteiger partial charge >= 0.3 is 5.97 Å². The van der Waals surface area contributed by atoms with Crippen molar-refractivity contribution in [3.63, 3.8) is 0 Å². The van der Waals surface area contributed by atoms with Gasteiger partial charge in [-0.25, -0.2) is 4.79 Å². The molecule has 0 N–H and O–H groups in total. The molecule has 2 aromatic rings. The first-order chi connectivity index (χ1) is 10.9. The van der Waals surface area contributed by atoms with Gasteiger partial charge in [0.25, 0.3) is 0 Å². The smallest absolute Gasteiger partial charge is 0.331 e. The van der Waals surface area contributed by atoms with E-state index in [1.165, 1.54) is 22.8 Å². The van der Waals surface area contributed by atoms with Crippen molar-refractivity contribution in [3.8, 4) is 0 Å². The fraction of sp³-hybridized carbons (Fsp3) is 0.350. The number of furan rings is 1. The number of ether oxygens (including phenoxy) is 1. The van der Waals surface area contributed by atoms with E-state index in [-0.39, 0.29) is 12.6 Å². The largest absolute Gasteiger partial charge is 0.468 e. The van der Waals surface area contributed by atoms with E-state index < -0.39 is 0 Å². The van der Waals surface area contributed by atoms with Crippen LogP contribution < -0.4 is 0 Å². The average Bonchev–Trinajstić information content (AvgIpc) is 2.81. The van der Waals surface area contributed by atoms with Crippen molar-refractivity contribution in [2.75, 3.05) is 0 Å². The van der Waals surface area contributed by atoms with Gasteiger partial charge < -0.3 is 9.15 Å². The number of carbonyl (C=O) groups is 1. The van der Waals surface area contributed by atoms with Crippen LogP contribution in [0.4, 0.5) is 0 Å². The number of rotatable bonds is 5. The molecule has 0 aliphatic heterocycles. The first-order valence-electron chi connectivity index (χ1n) is 7.81. The molecule has 0 atom stereocenters. The van der Waals surface area contributed by atoms with Crippen LogP contribution in [0.3, 0.4) is 0 Å². The maximum absolute atomic E-state index is 11.7. The van der Waals surface area contributed by atoms with E-state index >= 15 is 0 Å². The first-order valence-corrected chi connectivity index (χ1v) is 7.81. The topological polar surface area (TPSA) is 39.4 Å². The van der Waals surface area contributed by atoms with Crippen molar-refractivity contribution in [2.45, 2.75) is 47.6 Å². The van der Waals surface area contributed by atoms with Crippen molar-refractivity contribution in [2.24, 2.45) is 0 Å². The van der Waals surface area contributed by atoms with E-state index in [2.05, 4.69) is 32.0 Å². The Balaban J connectivity index is 2.17. The third kappa shape index (κ3) is 4.35. The summed E-state index contributed by atoms with van der Waals surface area (Å²) in [4.78, 5) is 11.7. The van der Waals surface area contributed by atoms with Gasteiger partial charge in [0, 0.05) is 18.1 Å². The molecule has 0 fully saturated rings. The minimum atomic E-state index is -0.316. The maximum atomic E-state index is 11.7. The van der Waals surface area contributed by atoms with E-state index in [1.807, 2.05) is 20.8 Å². The van der Waals surface area contributed by atoms with Crippen LogP contribution in [0.15, 0.2) is 40.5 Å². The molecule has 1 aromatic carbocycles. The molecule has 0 aliphatic carbocycles. The Morgan fingerprint density at radius 3 is 2.61 bits per heavy atom. The average molecular weight is 312 g/mol. The van der Waals surface area contributed by atoms with Crippen LogP contribution in [-0.4, -0.2) is 5.97 Å². The highest BCUT2D eigenvalue weighted by atomic mass is 16.5. The maximum Gasteiger partial charge on any atom is 0.331 e. The van der Waals surface area contributed by atoms with E-state index in [1.54, 1.807) is 6.26 Å². The van der Waals surface area contributed by atoms with Crippen molar-refractivity contribution >= 4 is 5.97 Å². The molecule has 3 nitrogen and oxygen atoms in total. The van der Waals surface area contributed by atoms with E-state index in [9.17, 15) is 4.79 Å². The number of carbonyl (C=O) groups excluding carboxylic acids is 1. The molecule has 2 rings (SSSR count). The zero-order valence-electron chi connectivity index (χ0n) is 14.5. The molecule has 0 unspecified atom stereocenters. The van der Waals surface area contributed by atoms with Crippen LogP contribution in [-0.2, 0) is 22.6 Å². The number of aryl methyl sites for hydroxylation is 2. The summed E-state index contributed by atoms with van der Waals surface area (Å²) in [6, 6.07) is 6.27. The van der Waals surface area contributed by atoms with Crippen LogP contribution in [0.25, 0.3) is 0 Å². The van der Waals surface area contributed by atoms with Gasteiger partial charge in [0.05, 0.1) is 6.26 Å². The van der Waals surface area contributed by atoms with Gasteiger partial charge in [-0.2, -0.15) is 0 Å². The SMILES string of the molecule is CC(C)=CC(=O)OCc1c(C)coc1Cc1cccc(C)c1C. The van der Waals surface area contributed by atoms with Crippen molar-refractivity contribution in [1.82, 2.24) is 0 Å². The second kappa shape index (κ2) is 7.32. The number of benzene rings is 1. The summed E-state index contributed by atoms with van der Waals surface area (Å²) in [5.74, 6) is 0.546.